The predicted molar refractivity (Wildman–Crippen MR) is 87.6 cm³/mol. The van der Waals surface area contributed by atoms with Gasteiger partial charge in [0.05, 0.1) is 23.0 Å². The number of pyridine rings is 2. The van der Waals surface area contributed by atoms with E-state index >= 15 is 0 Å². The maximum Gasteiger partial charge on any atom is 0.0997 e. The van der Waals surface area contributed by atoms with Gasteiger partial charge >= 0.3 is 0 Å². The Balaban J connectivity index is 1.91. The summed E-state index contributed by atoms with van der Waals surface area (Å²) in [5.74, 6) is 0. The normalized spacial score (nSPS) is 10.5. The van der Waals surface area contributed by atoms with E-state index in [9.17, 15) is 0 Å². The zero-order chi connectivity index (χ0) is 15.2. The van der Waals surface area contributed by atoms with Crippen molar-refractivity contribution >= 4 is 12.2 Å². The number of benzene rings is 1. The largest absolute Gasteiger partial charge is 0.255 e. The maximum atomic E-state index is 9.11. The molecular formula is C19H13N3. The lowest BCUT2D eigenvalue weighted by molar-refractivity contribution is 1.24. The van der Waals surface area contributed by atoms with Crippen LogP contribution in [0.4, 0.5) is 0 Å². The Labute approximate surface area is 129 Å². The van der Waals surface area contributed by atoms with Gasteiger partial charge < -0.3 is 0 Å². The molecule has 0 unspecified atom stereocenters. The van der Waals surface area contributed by atoms with Crippen molar-refractivity contribution in [2.24, 2.45) is 0 Å². The summed E-state index contributed by atoms with van der Waals surface area (Å²) in [5, 5.41) is 9.11. The maximum absolute atomic E-state index is 9.11. The predicted octanol–water partition coefficient (Wildman–Crippen LogP) is 4.19. The smallest absolute Gasteiger partial charge is 0.0997 e. The number of aromatic nitrogens is 2. The number of nitrogens with zero attached hydrogens (tertiary/aromatic N) is 3. The highest BCUT2D eigenvalue weighted by molar-refractivity contribution is 5.73. The van der Waals surface area contributed by atoms with Crippen molar-refractivity contribution < 1.29 is 0 Å². The van der Waals surface area contributed by atoms with Crippen molar-refractivity contribution in [3.63, 3.8) is 0 Å². The summed E-state index contributed by atoms with van der Waals surface area (Å²) >= 11 is 0. The molecule has 0 spiro atoms. The SMILES string of the molecule is N#Cc1ccccc1/C=C\c1ccnc(-c2ccccn2)c1. The van der Waals surface area contributed by atoms with Gasteiger partial charge in [-0.2, -0.15) is 5.26 Å². The van der Waals surface area contributed by atoms with Gasteiger partial charge in [0.25, 0.3) is 0 Å². The first-order valence-electron chi connectivity index (χ1n) is 6.91. The standard InChI is InChI=1S/C19H13N3/c20-14-17-6-2-1-5-16(17)9-8-15-10-12-22-19(13-15)18-7-3-4-11-21-18/h1-13H/b9-8-. The third-order valence-corrected chi connectivity index (χ3v) is 3.25. The summed E-state index contributed by atoms with van der Waals surface area (Å²) in [7, 11) is 0. The molecule has 0 atom stereocenters. The number of rotatable bonds is 3. The second kappa shape index (κ2) is 6.47. The van der Waals surface area contributed by atoms with Crippen molar-refractivity contribution in [3.8, 4) is 17.5 Å². The Kier molecular flexibility index (Phi) is 4.03. The third-order valence-electron chi connectivity index (χ3n) is 3.25. The van der Waals surface area contributed by atoms with Gasteiger partial charge in [0.2, 0.25) is 0 Å². The van der Waals surface area contributed by atoms with Crippen molar-refractivity contribution in [1.82, 2.24) is 9.97 Å². The molecule has 22 heavy (non-hydrogen) atoms. The van der Waals surface area contributed by atoms with Crippen LogP contribution in [0.5, 0.6) is 0 Å². The highest BCUT2D eigenvalue weighted by atomic mass is 14.8. The van der Waals surface area contributed by atoms with Crippen LogP contribution in [-0.4, -0.2) is 9.97 Å². The van der Waals surface area contributed by atoms with Gasteiger partial charge in [-0.15, -0.1) is 0 Å². The van der Waals surface area contributed by atoms with E-state index in [0.717, 1.165) is 22.5 Å². The second-order valence-electron chi connectivity index (χ2n) is 4.72. The van der Waals surface area contributed by atoms with Gasteiger partial charge in [-0.05, 0) is 41.5 Å². The summed E-state index contributed by atoms with van der Waals surface area (Å²) in [6, 6.07) is 19.4. The van der Waals surface area contributed by atoms with Gasteiger partial charge in [-0.3, -0.25) is 9.97 Å². The van der Waals surface area contributed by atoms with E-state index in [1.54, 1.807) is 12.4 Å². The Morgan fingerprint density at radius 3 is 2.45 bits per heavy atom. The molecule has 0 bridgehead atoms. The highest BCUT2D eigenvalue weighted by Gasteiger charge is 2.00. The van der Waals surface area contributed by atoms with E-state index in [1.165, 1.54) is 0 Å². The molecule has 3 aromatic rings. The minimum absolute atomic E-state index is 0.665. The Morgan fingerprint density at radius 2 is 1.64 bits per heavy atom. The minimum Gasteiger partial charge on any atom is -0.255 e. The van der Waals surface area contributed by atoms with E-state index in [2.05, 4.69) is 16.0 Å². The first-order valence-corrected chi connectivity index (χ1v) is 6.91. The molecule has 0 aliphatic carbocycles. The zero-order valence-corrected chi connectivity index (χ0v) is 11.8. The van der Waals surface area contributed by atoms with Crippen LogP contribution in [-0.2, 0) is 0 Å². The molecule has 0 fully saturated rings. The van der Waals surface area contributed by atoms with Crippen LogP contribution >= 0.6 is 0 Å². The van der Waals surface area contributed by atoms with Crippen LogP contribution in [0, 0.1) is 11.3 Å². The summed E-state index contributed by atoms with van der Waals surface area (Å²) < 4.78 is 0. The fourth-order valence-corrected chi connectivity index (χ4v) is 2.14. The molecule has 0 aliphatic rings. The average Bonchev–Trinajstić information content (AvgIpc) is 2.61. The number of nitriles is 1. The summed E-state index contributed by atoms with van der Waals surface area (Å²) in [4.78, 5) is 8.66. The molecule has 3 heteroatoms. The topological polar surface area (TPSA) is 49.6 Å². The van der Waals surface area contributed by atoms with Gasteiger partial charge in [0.1, 0.15) is 0 Å². The van der Waals surface area contributed by atoms with E-state index in [-0.39, 0.29) is 0 Å². The van der Waals surface area contributed by atoms with Crippen molar-refractivity contribution in [2.45, 2.75) is 0 Å². The fraction of sp³-hybridized carbons (Fsp3) is 0. The molecule has 104 valence electrons. The highest BCUT2D eigenvalue weighted by Crippen LogP contribution is 2.17. The Morgan fingerprint density at radius 1 is 0.818 bits per heavy atom. The summed E-state index contributed by atoms with van der Waals surface area (Å²) in [6.07, 6.45) is 7.43. The molecule has 2 heterocycles. The van der Waals surface area contributed by atoms with Crippen LogP contribution in [0.25, 0.3) is 23.5 Å². The molecule has 0 amide bonds. The Bertz CT molecular complexity index is 846. The van der Waals surface area contributed by atoms with Crippen LogP contribution in [0.15, 0.2) is 67.0 Å². The van der Waals surface area contributed by atoms with Crippen molar-refractivity contribution in [1.29, 1.82) is 5.26 Å². The van der Waals surface area contributed by atoms with Crippen LogP contribution < -0.4 is 0 Å². The number of hydrogen-bond acceptors (Lipinski definition) is 3. The van der Waals surface area contributed by atoms with Crippen LogP contribution in [0.2, 0.25) is 0 Å². The monoisotopic (exact) mass is 283 g/mol. The van der Waals surface area contributed by atoms with Crippen molar-refractivity contribution in [3.05, 3.63) is 83.7 Å². The lowest BCUT2D eigenvalue weighted by Gasteiger charge is -2.01. The zero-order valence-electron chi connectivity index (χ0n) is 11.8. The molecular weight excluding hydrogens is 270 g/mol. The van der Waals surface area contributed by atoms with E-state index in [4.69, 9.17) is 5.26 Å². The molecule has 0 saturated heterocycles. The number of hydrogen-bond donors (Lipinski definition) is 0. The quantitative estimate of drug-likeness (QED) is 0.724. The summed E-state index contributed by atoms with van der Waals surface area (Å²) in [6.45, 7) is 0. The summed E-state index contributed by atoms with van der Waals surface area (Å²) in [5.41, 5.74) is 4.26. The van der Waals surface area contributed by atoms with Crippen LogP contribution in [0.1, 0.15) is 16.7 Å². The first-order chi connectivity index (χ1) is 10.9. The van der Waals surface area contributed by atoms with Gasteiger partial charge in [0.15, 0.2) is 0 Å². The Hall–Kier alpha value is -3.25. The molecule has 1 aromatic carbocycles. The van der Waals surface area contributed by atoms with Gasteiger partial charge in [-0.1, -0.05) is 36.4 Å². The molecule has 0 aliphatic heterocycles. The van der Waals surface area contributed by atoms with E-state index < -0.39 is 0 Å². The van der Waals surface area contributed by atoms with Gasteiger partial charge in [-0.25, -0.2) is 0 Å². The second-order valence-corrected chi connectivity index (χ2v) is 4.72. The third kappa shape index (κ3) is 3.08. The lowest BCUT2D eigenvalue weighted by atomic mass is 10.1. The molecule has 0 saturated carbocycles. The molecule has 2 aromatic heterocycles. The van der Waals surface area contributed by atoms with Gasteiger partial charge in [0, 0.05) is 12.4 Å². The lowest BCUT2D eigenvalue weighted by Crippen LogP contribution is -1.87. The average molecular weight is 283 g/mol. The minimum atomic E-state index is 0.665. The molecule has 3 nitrogen and oxygen atoms in total. The van der Waals surface area contributed by atoms with Crippen molar-refractivity contribution in [2.75, 3.05) is 0 Å². The molecule has 0 N–H and O–H groups in total. The van der Waals surface area contributed by atoms with E-state index in [1.807, 2.05) is 66.7 Å². The van der Waals surface area contributed by atoms with E-state index in [0.29, 0.717) is 5.56 Å². The molecule has 0 radical (unpaired) electrons. The first kappa shape index (κ1) is 13.7. The fourth-order valence-electron chi connectivity index (χ4n) is 2.14. The molecule has 3 rings (SSSR count). The van der Waals surface area contributed by atoms with Crippen LogP contribution in [0.3, 0.4) is 0 Å².